The van der Waals surface area contributed by atoms with Gasteiger partial charge in [0.05, 0.1) is 24.1 Å². The van der Waals surface area contributed by atoms with Gasteiger partial charge in [0, 0.05) is 36.4 Å². The highest BCUT2D eigenvalue weighted by Crippen LogP contribution is 2.32. The molecule has 2 amide bonds. The van der Waals surface area contributed by atoms with Crippen molar-refractivity contribution in [3.8, 4) is 16.9 Å². The first-order valence-corrected chi connectivity index (χ1v) is 14.7. The second-order valence-corrected chi connectivity index (χ2v) is 11.7. The molecule has 3 aromatic carbocycles. The van der Waals surface area contributed by atoms with E-state index >= 15 is 4.39 Å². The van der Waals surface area contributed by atoms with Crippen LogP contribution in [-0.4, -0.2) is 54.5 Å². The van der Waals surface area contributed by atoms with Gasteiger partial charge in [0.25, 0.3) is 5.91 Å². The number of ether oxygens (including phenoxy) is 1. The molecule has 2 N–H and O–H groups in total. The van der Waals surface area contributed by atoms with E-state index in [1.807, 2.05) is 36.4 Å². The van der Waals surface area contributed by atoms with Crippen molar-refractivity contribution in [1.29, 1.82) is 0 Å². The first-order valence-electron chi connectivity index (χ1n) is 12.8. The monoisotopic (exact) mass is 564 g/mol. The number of benzene rings is 3. The number of imidazole rings is 1. The summed E-state index contributed by atoms with van der Waals surface area (Å²) < 4.78 is 45.0. The van der Waals surface area contributed by atoms with Gasteiger partial charge in [-0.1, -0.05) is 19.1 Å². The van der Waals surface area contributed by atoms with E-state index in [0.29, 0.717) is 24.7 Å². The van der Waals surface area contributed by atoms with Gasteiger partial charge in [-0.15, -0.1) is 0 Å². The summed E-state index contributed by atoms with van der Waals surface area (Å²) in [7, 11) is -3.77. The SMILES string of the molecule is CCc1c(C(=O)N2CCOc3ccc(-c4ccc5nc(CNC(C)=O)[nH]c5c4)cc3C2)ccc(S(C)(=O)=O)c1F. The van der Waals surface area contributed by atoms with Crippen molar-refractivity contribution < 1.29 is 27.1 Å². The van der Waals surface area contributed by atoms with Gasteiger partial charge in [-0.25, -0.2) is 17.8 Å². The number of nitrogens with zero attached hydrogens (tertiary/aromatic N) is 2. The van der Waals surface area contributed by atoms with Crippen molar-refractivity contribution in [2.75, 3.05) is 19.4 Å². The van der Waals surface area contributed by atoms with Crippen LogP contribution < -0.4 is 10.1 Å². The highest BCUT2D eigenvalue weighted by molar-refractivity contribution is 7.90. The maximum Gasteiger partial charge on any atom is 0.254 e. The molecule has 1 aliphatic rings. The number of rotatable bonds is 6. The normalized spacial score (nSPS) is 13.4. The second kappa shape index (κ2) is 10.7. The number of aromatic nitrogens is 2. The molecule has 0 spiro atoms. The summed E-state index contributed by atoms with van der Waals surface area (Å²) in [6.45, 7) is 4.24. The maximum atomic E-state index is 15.1. The highest BCUT2D eigenvalue weighted by Gasteiger charge is 2.27. The first-order chi connectivity index (χ1) is 19.0. The fourth-order valence-corrected chi connectivity index (χ4v) is 5.65. The quantitative estimate of drug-likeness (QED) is 0.365. The number of sulfone groups is 1. The minimum Gasteiger partial charge on any atom is -0.491 e. The van der Waals surface area contributed by atoms with Crippen molar-refractivity contribution in [2.24, 2.45) is 0 Å². The fourth-order valence-electron chi connectivity index (χ4n) is 4.88. The Bertz CT molecular complexity index is 1750. The van der Waals surface area contributed by atoms with Crippen LogP contribution in [0.3, 0.4) is 0 Å². The van der Waals surface area contributed by atoms with Gasteiger partial charge in [-0.05, 0) is 53.9 Å². The number of nitrogens with one attached hydrogen (secondary N) is 2. The highest BCUT2D eigenvalue weighted by atomic mass is 32.2. The Morgan fingerprint density at radius 2 is 1.88 bits per heavy atom. The van der Waals surface area contributed by atoms with Crippen molar-refractivity contribution >= 4 is 32.7 Å². The average Bonchev–Trinajstić information content (AvgIpc) is 3.20. The lowest BCUT2D eigenvalue weighted by Gasteiger charge is -2.22. The molecular formula is C29H29FN4O5S. The van der Waals surface area contributed by atoms with Crippen LogP contribution >= 0.6 is 0 Å². The van der Waals surface area contributed by atoms with E-state index in [-0.39, 0.29) is 42.5 Å². The minimum absolute atomic E-state index is 0.0813. The van der Waals surface area contributed by atoms with Crippen LogP contribution in [0.1, 0.15) is 41.2 Å². The van der Waals surface area contributed by atoms with Crippen LogP contribution in [0.15, 0.2) is 53.4 Å². The van der Waals surface area contributed by atoms with Crippen LogP contribution in [0.25, 0.3) is 22.2 Å². The zero-order valence-corrected chi connectivity index (χ0v) is 23.2. The van der Waals surface area contributed by atoms with E-state index in [1.165, 1.54) is 13.0 Å². The molecule has 208 valence electrons. The summed E-state index contributed by atoms with van der Waals surface area (Å²) in [5, 5.41) is 2.73. The number of hydrogen-bond donors (Lipinski definition) is 2. The molecule has 0 unspecified atom stereocenters. The van der Waals surface area contributed by atoms with Crippen LogP contribution in [0.5, 0.6) is 5.75 Å². The molecule has 9 nitrogen and oxygen atoms in total. The Hall–Kier alpha value is -4.25. The molecule has 0 radical (unpaired) electrons. The first kappa shape index (κ1) is 27.3. The fraction of sp³-hybridized carbons (Fsp3) is 0.276. The van der Waals surface area contributed by atoms with Crippen LogP contribution in [0.4, 0.5) is 4.39 Å². The Kier molecular flexibility index (Phi) is 7.33. The number of fused-ring (bicyclic) bond motifs is 2. The smallest absolute Gasteiger partial charge is 0.254 e. The molecule has 1 aromatic heterocycles. The topological polar surface area (TPSA) is 121 Å². The molecule has 0 aliphatic carbocycles. The molecule has 1 aliphatic heterocycles. The molecule has 0 bridgehead atoms. The van der Waals surface area contributed by atoms with Gasteiger partial charge in [0.1, 0.15) is 28.9 Å². The van der Waals surface area contributed by atoms with Gasteiger partial charge < -0.3 is 19.9 Å². The molecule has 2 heterocycles. The van der Waals surface area contributed by atoms with Gasteiger partial charge in [0.15, 0.2) is 9.84 Å². The Balaban J connectivity index is 1.43. The molecule has 0 fully saturated rings. The van der Waals surface area contributed by atoms with Gasteiger partial charge in [-0.2, -0.15) is 0 Å². The lowest BCUT2D eigenvalue weighted by Crippen LogP contribution is -2.33. The third kappa shape index (κ3) is 5.42. The van der Waals surface area contributed by atoms with E-state index in [9.17, 15) is 18.0 Å². The summed E-state index contributed by atoms with van der Waals surface area (Å²) in [5.74, 6) is -0.0852. The average molecular weight is 565 g/mol. The zero-order chi connectivity index (χ0) is 28.6. The lowest BCUT2D eigenvalue weighted by molar-refractivity contribution is -0.119. The number of hydrogen-bond acceptors (Lipinski definition) is 6. The van der Waals surface area contributed by atoms with Crippen LogP contribution in [0.2, 0.25) is 0 Å². The molecule has 5 rings (SSSR count). The van der Waals surface area contributed by atoms with Gasteiger partial charge in [-0.3, -0.25) is 9.59 Å². The van der Waals surface area contributed by atoms with Crippen molar-refractivity contribution in [2.45, 2.75) is 38.3 Å². The number of amides is 2. The summed E-state index contributed by atoms with van der Waals surface area (Å²) in [4.78, 5) is 33.7. The summed E-state index contributed by atoms with van der Waals surface area (Å²) in [6.07, 6.45) is 1.12. The molecule has 4 aromatic rings. The Morgan fingerprint density at radius 1 is 1.12 bits per heavy atom. The van der Waals surface area contributed by atoms with Gasteiger partial charge in [0.2, 0.25) is 5.91 Å². The van der Waals surface area contributed by atoms with Crippen LogP contribution in [-0.2, 0) is 34.1 Å². The molecular weight excluding hydrogens is 535 g/mol. The standard InChI is InChI=1S/C29H29FN4O5S/c1-4-21-22(7-10-26(28(21)30)40(3,37)38)29(36)34-11-12-39-25-9-6-18(13-20(25)16-34)19-5-8-23-24(14-19)33-27(32-23)15-31-17(2)35/h5-10,13-14H,4,11-12,15-16H2,1-3H3,(H,31,35)(H,32,33). The Labute approximate surface area is 231 Å². The third-order valence-electron chi connectivity index (χ3n) is 6.89. The third-order valence-corrected chi connectivity index (χ3v) is 8.00. The van der Waals surface area contributed by atoms with Crippen molar-refractivity contribution in [1.82, 2.24) is 20.2 Å². The number of H-pyrrole nitrogens is 1. The summed E-state index contributed by atoms with van der Waals surface area (Å²) in [5.41, 5.74) is 4.47. The van der Waals surface area contributed by atoms with Crippen molar-refractivity contribution in [3.63, 3.8) is 0 Å². The maximum absolute atomic E-state index is 15.1. The molecule has 0 saturated heterocycles. The number of halogens is 1. The molecule has 40 heavy (non-hydrogen) atoms. The number of carbonyl (C=O) groups is 2. The van der Waals surface area contributed by atoms with Gasteiger partial charge >= 0.3 is 0 Å². The zero-order valence-electron chi connectivity index (χ0n) is 22.4. The van der Waals surface area contributed by atoms with E-state index in [4.69, 9.17) is 4.74 Å². The van der Waals surface area contributed by atoms with Crippen molar-refractivity contribution in [3.05, 3.63) is 76.9 Å². The van der Waals surface area contributed by atoms with E-state index < -0.39 is 20.5 Å². The molecule has 0 saturated carbocycles. The van der Waals surface area contributed by atoms with E-state index in [0.717, 1.165) is 40.0 Å². The van der Waals surface area contributed by atoms with E-state index in [2.05, 4.69) is 15.3 Å². The van der Waals surface area contributed by atoms with E-state index in [1.54, 1.807) is 11.8 Å². The lowest BCUT2D eigenvalue weighted by atomic mass is 10.0. The molecule has 0 atom stereocenters. The summed E-state index contributed by atoms with van der Waals surface area (Å²) in [6, 6.07) is 14.2. The summed E-state index contributed by atoms with van der Waals surface area (Å²) >= 11 is 0. The number of carbonyl (C=O) groups excluding carboxylic acids is 2. The largest absolute Gasteiger partial charge is 0.491 e. The number of aromatic amines is 1. The molecule has 11 heteroatoms. The predicted octanol–water partition coefficient (Wildman–Crippen LogP) is 4.01. The Morgan fingerprint density at radius 3 is 2.60 bits per heavy atom. The predicted molar refractivity (Wildman–Crippen MR) is 148 cm³/mol. The second-order valence-electron chi connectivity index (χ2n) is 9.75. The van der Waals surface area contributed by atoms with Crippen LogP contribution in [0, 0.1) is 5.82 Å². The minimum atomic E-state index is -3.77.